The van der Waals surface area contributed by atoms with Crippen molar-refractivity contribution in [3.63, 3.8) is 0 Å². The van der Waals surface area contributed by atoms with Gasteiger partial charge in [0.15, 0.2) is 0 Å². The van der Waals surface area contributed by atoms with Gasteiger partial charge in [0, 0.05) is 12.4 Å². The van der Waals surface area contributed by atoms with Crippen LogP contribution in [0.5, 0.6) is 0 Å². The largest absolute Gasteiger partial charge is 0.299 e. The minimum Gasteiger partial charge on any atom is -0.281 e. The number of anilines is 1. The summed E-state index contributed by atoms with van der Waals surface area (Å²) in [7, 11) is -3.86. The van der Waals surface area contributed by atoms with Crippen LogP contribution < -0.4 is 4.72 Å². The quantitative estimate of drug-likeness (QED) is 0.694. The highest BCUT2D eigenvalue weighted by Gasteiger charge is 2.22. The van der Waals surface area contributed by atoms with Crippen LogP contribution in [0.25, 0.3) is 5.78 Å². The van der Waals surface area contributed by atoms with E-state index < -0.39 is 10.0 Å². The lowest BCUT2D eigenvalue weighted by Gasteiger charge is -2.01. The molecule has 0 fully saturated rings. The van der Waals surface area contributed by atoms with Crippen molar-refractivity contribution in [2.24, 2.45) is 0 Å². The van der Waals surface area contributed by atoms with Gasteiger partial charge in [-0.2, -0.15) is 18.5 Å². The van der Waals surface area contributed by atoms with Crippen LogP contribution in [-0.4, -0.2) is 38.2 Å². The van der Waals surface area contributed by atoms with Gasteiger partial charge in [0.2, 0.25) is 0 Å². The Bertz CT molecular complexity index is 802. The fourth-order valence-corrected chi connectivity index (χ4v) is 2.46. The van der Waals surface area contributed by atoms with Gasteiger partial charge in [-0.05, 0) is 13.0 Å². The predicted molar refractivity (Wildman–Crippen MR) is 64.9 cm³/mol. The Kier molecular flexibility index (Phi) is 2.45. The third kappa shape index (κ3) is 2.01. The van der Waals surface area contributed by atoms with Crippen LogP contribution in [0, 0.1) is 6.92 Å². The van der Waals surface area contributed by atoms with Crippen molar-refractivity contribution < 1.29 is 8.42 Å². The molecule has 0 spiro atoms. The summed E-state index contributed by atoms with van der Waals surface area (Å²) in [5.41, 5.74) is 0.956. The first-order valence-corrected chi connectivity index (χ1v) is 6.75. The Labute approximate surface area is 107 Å². The highest BCUT2D eigenvalue weighted by Crippen LogP contribution is 2.15. The van der Waals surface area contributed by atoms with Crippen LogP contribution in [0.3, 0.4) is 0 Å². The van der Waals surface area contributed by atoms with Crippen molar-refractivity contribution in [3.05, 3.63) is 30.4 Å². The van der Waals surface area contributed by atoms with Crippen LogP contribution in [0.15, 0.2) is 29.8 Å². The van der Waals surface area contributed by atoms with Gasteiger partial charge in [0.25, 0.3) is 21.0 Å². The Morgan fingerprint density at radius 1 is 1.42 bits per heavy atom. The lowest BCUT2D eigenvalue weighted by molar-refractivity contribution is 0.592. The molecule has 0 radical (unpaired) electrons. The van der Waals surface area contributed by atoms with E-state index >= 15 is 0 Å². The van der Waals surface area contributed by atoms with E-state index in [0.29, 0.717) is 11.4 Å². The number of fused-ring (bicyclic) bond motifs is 1. The molecule has 0 unspecified atom stereocenters. The summed E-state index contributed by atoms with van der Waals surface area (Å²) in [5, 5.41) is 9.88. The average Bonchev–Trinajstić information content (AvgIpc) is 2.96. The predicted octanol–water partition coefficient (Wildman–Crippen LogP) is -0.0434. The Morgan fingerprint density at radius 3 is 2.95 bits per heavy atom. The van der Waals surface area contributed by atoms with Crippen LogP contribution in [-0.2, 0) is 10.0 Å². The van der Waals surface area contributed by atoms with Crippen LogP contribution >= 0.6 is 0 Å². The highest BCUT2D eigenvalue weighted by atomic mass is 32.2. The summed E-state index contributed by atoms with van der Waals surface area (Å²) in [4.78, 5) is 7.76. The number of nitrogens with zero attached hydrogens (tertiary/aromatic N) is 5. The third-order valence-corrected chi connectivity index (χ3v) is 3.55. The number of hydrogen-bond donors (Lipinski definition) is 2. The van der Waals surface area contributed by atoms with Gasteiger partial charge in [0.05, 0.1) is 17.6 Å². The molecule has 0 aromatic carbocycles. The highest BCUT2D eigenvalue weighted by molar-refractivity contribution is 7.92. The number of aromatic nitrogens is 6. The molecule has 3 heterocycles. The zero-order chi connectivity index (χ0) is 13.5. The van der Waals surface area contributed by atoms with Gasteiger partial charge >= 0.3 is 0 Å². The Balaban J connectivity index is 2.02. The molecule has 0 atom stereocenters. The van der Waals surface area contributed by atoms with E-state index in [4.69, 9.17) is 0 Å². The summed E-state index contributed by atoms with van der Waals surface area (Å²) in [5.74, 6) is 0.215. The topological polar surface area (TPSA) is 118 Å². The van der Waals surface area contributed by atoms with Crippen molar-refractivity contribution in [3.8, 4) is 0 Å². The minimum absolute atomic E-state index is 0.215. The SMILES string of the molecule is Cc1[nH]ncc1NS(=O)(=O)c1nc2ncccn2n1. The molecule has 0 aliphatic carbocycles. The molecule has 3 rings (SSSR count). The summed E-state index contributed by atoms with van der Waals surface area (Å²) >= 11 is 0. The summed E-state index contributed by atoms with van der Waals surface area (Å²) in [6, 6.07) is 1.63. The Hall–Kier alpha value is -2.49. The number of nitrogens with one attached hydrogen (secondary N) is 2. The number of aryl methyl sites for hydroxylation is 1. The molecule has 10 heteroatoms. The fraction of sp³-hybridized carbons (Fsp3) is 0.111. The molecule has 0 saturated carbocycles. The van der Waals surface area contributed by atoms with Gasteiger partial charge in [-0.15, -0.1) is 5.10 Å². The lowest BCUT2D eigenvalue weighted by Crippen LogP contribution is -2.15. The van der Waals surface area contributed by atoms with Crippen molar-refractivity contribution in [2.75, 3.05) is 4.72 Å². The van der Waals surface area contributed by atoms with Crippen LogP contribution in [0.2, 0.25) is 0 Å². The second kappa shape index (κ2) is 4.02. The first-order valence-electron chi connectivity index (χ1n) is 5.26. The van der Waals surface area contributed by atoms with E-state index in [2.05, 4.69) is 30.0 Å². The first-order chi connectivity index (χ1) is 9.06. The number of sulfonamides is 1. The van der Waals surface area contributed by atoms with Crippen LogP contribution in [0.1, 0.15) is 5.69 Å². The summed E-state index contributed by atoms with van der Waals surface area (Å²) in [6.45, 7) is 1.70. The van der Waals surface area contributed by atoms with Crippen molar-refractivity contribution in [2.45, 2.75) is 12.1 Å². The van der Waals surface area contributed by atoms with Crippen molar-refractivity contribution in [1.82, 2.24) is 29.8 Å². The third-order valence-electron chi connectivity index (χ3n) is 2.41. The smallest absolute Gasteiger partial charge is 0.281 e. The maximum absolute atomic E-state index is 12.1. The van der Waals surface area contributed by atoms with Crippen molar-refractivity contribution in [1.29, 1.82) is 0 Å². The summed E-state index contributed by atoms with van der Waals surface area (Å²) in [6.07, 6.45) is 4.45. The molecule has 98 valence electrons. The molecule has 0 bridgehead atoms. The lowest BCUT2D eigenvalue weighted by atomic mass is 10.4. The normalized spacial score (nSPS) is 11.8. The van der Waals surface area contributed by atoms with Gasteiger partial charge < -0.3 is 0 Å². The number of rotatable bonds is 3. The standard InChI is InChI=1S/C9H9N7O2S/c1-6-7(5-11-13-6)15-19(17,18)9-12-8-10-3-2-4-16(8)14-9/h2-5,15H,1H3,(H,11,13). The zero-order valence-electron chi connectivity index (χ0n) is 9.77. The monoisotopic (exact) mass is 279 g/mol. The number of H-pyrrole nitrogens is 1. The Morgan fingerprint density at radius 2 is 2.26 bits per heavy atom. The molecule has 0 saturated heterocycles. The van der Waals surface area contributed by atoms with E-state index in [9.17, 15) is 8.42 Å². The van der Waals surface area contributed by atoms with E-state index in [-0.39, 0.29) is 10.9 Å². The molecule has 9 nitrogen and oxygen atoms in total. The fourth-order valence-electron chi connectivity index (χ4n) is 1.47. The molecular formula is C9H9N7O2S. The average molecular weight is 279 g/mol. The molecule has 19 heavy (non-hydrogen) atoms. The van der Waals surface area contributed by atoms with Gasteiger partial charge in [-0.25, -0.2) is 9.50 Å². The van der Waals surface area contributed by atoms with Gasteiger partial charge in [-0.3, -0.25) is 9.82 Å². The van der Waals surface area contributed by atoms with Crippen LogP contribution in [0.4, 0.5) is 5.69 Å². The number of aromatic amines is 1. The maximum atomic E-state index is 12.1. The van der Waals surface area contributed by atoms with E-state index in [1.165, 1.54) is 16.9 Å². The molecular weight excluding hydrogens is 270 g/mol. The molecule has 0 aliphatic rings. The van der Waals surface area contributed by atoms with Gasteiger partial charge in [0.1, 0.15) is 0 Å². The maximum Gasteiger partial charge on any atom is 0.299 e. The van der Waals surface area contributed by atoms with Crippen molar-refractivity contribution >= 4 is 21.5 Å². The number of hydrogen-bond acceptors (Lipinski definition) is 6. The molecule has 0 amide bonds. The van der Waals surface area contributed by atoms with E-state index in [0.717, 1.165) is 0 Å². The second-order valence-corrected chi connectivity index (χ2v) is 5.35. The molecule has 0 aliphatic heterocycles. The van der Waals surface area contributed by atoms with E-state index in [1.807, 2.05) is 0 Å². The zero-order valence-corrected chi connectivity index (χ0v) is 10.6. The molecule has 3 aromatic rings. The molecule has 2 N–H and O–H groups in total. The summed E-state index contributed by atoms with van der Waals surface area (Å²) < 4.78 is 27.8. The molecule has 3 aromatic heterocycles. The first kappa shape index (κ1) is 11.6. The van der Waals surface area contributed by atoms with Gasteiger partial charge in [-0.1, -0.05) is 0 Å². The second-order valence-electron chi connectivity index (χ2n) is 3.77. The van der Waals surface area contributed by atoms with E-state index in [1.54, 1.807) is 19.2 Å². The minimum atomic E-state index is -3.86.